The van der Waals surface area contributed by atoms with Gasteiger partial charge in [-0.3, -0.25) is 5.43 Å². The zero-order chi connectivity index (χ0) is 13.5. The molecular weight excluding hydrogens is 242 g/mol. The molecule has 0 unspecified atom stereocenters. The third-order valence-corrected chi connectivity index (χ3v) is 3.70. The molecule has 102 valence electrons. The zero-order valence-electron chi connectivity index (χ0n) is 11.7. The third-order valence-electron chi connectivity index (χ3n) is 3.47. The van der Waals surface area contributed by atoms with Crippen LogP contribution in [0.15, 0.2) is 17.8 Å². The van der Waals surface area contributed by atoms with Gasteiger partial charge in [0.25, 0.3) is 0 Å². The molecular formula is C14H25N3S. The van der Waals surface area contributed by atoms with Crippen LogP contribution in [0.1, 0.15) is 40.0 Å². The molecule has 0 aliphatic heterocycles. The minimum absolute atomic E-state index is 0.572. The monoisotopic (exact) mass is 267 g/mol. The van der Waals surface area contributed by atoms with Crippen molar-refractivity contribution in [3.63, 3.8) is 0 Å². The lowest BCUT2D eigenvalue weighted by atomic mass is 9.76. The van der Waals surface area contributed by atoms with Crippen LogP contribution in [0.5, 0.6) is 0 Å². The second kappa shape index (κ2) is 7.52. The second-order valence-electron chi connectivity index (χ2n) is 5.45. The molecule has 1 fully saturated rings. The minimum atomic E-state index is 0.572. The van der Waals surface area contributed by atoms with E-state index in [1.54, 1.807) is 6.08 Å². The fourth-order valence-electron chi connectivity index (χ4n) is 2.41. The number of hydrazone groups is 1. The Kier molecular flexibility index (Phi) is 6.33. The summed E-state index contributed by atoms with van der Waals surface area (Å²) in [5.74, 6) is 1.97. The number of hydrogen-bond acceptors (Lipinski definition) is 2. The molecule has 1 saturated carbocycles. The second-order valence-corrected chi connectivity index (χ2v) is 5.86. The van der Waals surface area contributed by atoms with E-state index in [2.05, 4.69) is 43.2 Å². The molecule has 2 atom stereocenters. The fraction of sp³-hybridized carbons (Fsp3) is 0.714. The van der Waals surface area contributed by atoms with E-state index in [1.807, 2.05) is 0 Å². The Morgan fingerprint density at radius 3 is 2.89 bits per heavy atom. The van der Waals surface area contributed by atoms with Gasteiger partial charge in [-0.25, -0.2) is 0 Å². The first kappa shape index (κ1) is 15.2. The summed E-state index contributed by atoms with van der Waals surface area (Å²) in [6.07, 6.45) is 5.41. The van der Waals surface area contributed by atoms with Gasteiger partial charge < -0.3 is 5.32 Å². The van der Waals surface area contributed by atoms with Crippen molar-refractivity contribution in [2.24, 2.45) is 22.9 Å². The fourth-order valence-corrected chi connectivity index (χ4v) is 2.54. The average Bonchev–Trinajstić information content (AvgIpc) is 2.33. The highest BCUT2D eigenvalue weighted by Crippen LogP contribution is 2.31. The summed E-state index contributed by atoms with van der Waals surface area (Å²) in [5, 5.41) is 8.11. The molecule has 1 aliphatic carbocycles. The molecule has 0 bridgehead atoms. The van der Waals surface area contributed by atoms with Gasteiger partial charge in [0, 0.05) is 18.2 Å². The molecule has 0 aromatic carbocycles. The van der Waals surface area contributed by atoms with Crippen molar-refractivity contribution in [3.8, 4) is 0 Å². The largest absolute Gasteiger partial charge is 0.358 e. The van der Waals surface area contributed by atoms with E-state index in [0.29, 0.717) is 23.5 Å². The number of rotatable bonds is 4. The van der Waals surface area contributed by atoms with Crippen LogP contribution in [0, 0.1) is 17.8 Å². The Morgan fingerprint density at radius 1 is 1.56 bits per heavy atom. The molecule has 18 heavy (non-hydrogen) atoms. The first-order chi connectivity index (χ1) is 8.54. The van der Waals surface area contributed by atoms with Gasteiger partial charge in [-0.1, -0.05) is 26.8 Å². The molecule has 0 amide bonds. The van der Waals surface area contributed by atoms with Crippen LogP contribution in [0.25, 0.3) is 0 Å². The zero-order valence-corrected chi connectivity index (χ0v) is 12.5. The standard InChI is InChI=1S/C14H25N3S/c1-5-8-15-14(18)17-16-13-9-11(4)6-7-12(13)10(2)3/h5,10-12H,1,6-9H2,2-4H3,(H2,15,17,18)/b16-13-/t11-,12-/m0/s1. The van der Waals surface area contributed by atoms with E-state index in [9.17, 15) is 0 Å². The molecule has 1 rings (SSSR count). The highest BCUT2D eigenvalue weighted by Gasteiger charge is 2.27. The third kappa shape index (κ3) is 4.77. The lowest BCUT2D eigenvalue weighted by molar-refractivity contribution is 0.363. The smallest absolute Gasteiger partial charge is 0.187 e. The molecule has 0 aromatic rings. The van der Waals surface area contributed by atoms with Gasteiger partial charge in [0.05, 0.1) is 0 Å². The maximum atomic E-state index is 5.14. The number of thiocarbonyl (C=S) groups is 1. The van der Waals surface area contributed by atoms with Crippen LogP contribution in [0.3, 0.4) is 0 Å². The molecule has 0 spiro atoms. The Labute approximate surface area is 116 Å². The van der Waals surface area contributed by atoms with E-state index in [4.69, 9.17) is 12.2 Å². The summed E-state index contributed by atoms with van der Waals surface area (Å²) in [4.78, 5) is 0. The predicted octanol–water partition coefficient (Wildman–Crippen LogP) is 3.08. The van der Waals surface area contributed by atoms with Crippen LogP contribution < -0.4 is 10.7 Å². The Morgan fingerprint density at radius 2 is 2.28 bits per heavy atom. The topological polar surface area (TPSA) is 36.4 Å². The molecule has 3 nitrogen and oxygen atoms in total. The van der Waals surface area contributed by atoms with E-state index >= 15 is 0 Å². The molecule has 0 saturated heterocycles. The highest BCUT2D eigenvalue weighted by molar-refractivity contribution is 7.80. The van der Waals surface area contributed by atoms with Crippen molar-refractivity contribution in [1.82, 2.24) is 10.7 Å². The van der Waals surface area contributed by atoms with Crippen LogP contribution >= 0.6 is 12.2 Å². The lowest BCUT2D eigenvalue weighted by Crippen LogP contribution is -2.35. The minimum Gasteiger partial charge on any atom is -0.358 e. The highest BCUT2D eigenvalue weighted by atomic mass is 32.1. The van der Waals surface area contributed by atoms with Crippen LogP contribution in [-0.2, 0) is 0 Å². The van der Waals surface area contributed by atoms with Gasteiger partial charge in [-0.2, -0.15) is 5.10 Å². The molecule has 0 radical (unpaired) electrons. The van der Waals surface area contributed by atoms with Gasteiger partial charge in [0.15, 0.2) is 5.11 Å². The van der Waals surface area contributed by atoms with Gasteiger partial charge in [-0.15, -0.1) is 6.58 Å². The van der Waals surface area contributed by atoms with Gasteiger partial charge in [0.1, 0.15) is 0 Å². The van der Waals surface area contributed by atoms with Crippen molar-refractivity contribution in [2.45, 2.75) is 40.0 Å². The van der Waals surface area contributed by atoms with Crippen LogP contribution in [-0.4, -0.2) is 17.4 Å². The van der Waals surface area contributed by atoms with Crippen LogP contribution in [0.4, 0.5) is 0 Å². The van der Waals surface area contributed by atoms with E-state index in [-0.39, 0.29) is 0 Å². The van der Waals surface area contributed by atoms with Crippen LogP contribution in [0.2, 0.25) is 0 Å². The summed E-state index contributed by atoms with van der Waals surface area (Å²) in [6.45, 7) is 11.1. The SMILES string of the molecule is C=CCNC(=S)N/N=C1/C[C@@H](C)CC[C@H]1C(C)C. The van der Waals surface area contributed by atoms with E-state index in [1.165, 1.54) is 18.6 Å². The van der Waals surface area contributed by atoms with Gasteiger partial charge >= 0.3 is 0 Å². The summed E-state index contributed by atoms with van der Waals surface area (Å²) in [7, 11) is 0. The maximum absolute atomic E-state index is 5.14. The predicted molar refractivity (Wildman–Crippen MR) is 82.7 cm³/mol. The summed E-state index contributed by atoms with van der Waals surface area (Å²) < 4.78 is 0. The normalized spacial score (nSPS) is 26.1. The molecule has 2 N–H and O–H groups in total. The first-order valence-electron chi connectivity index (χ1n) is 6.75. The summed E-state index contributed by atoms with van der Waals surface area (Å²) in [5.41, 5.74) is 4.22. The Balaban J connectivity index is 2.58. The van der Waals surface area contributed by atoms with Crippen molar-refractivity contribution >= 4 is 23.0 Å². The summed E-state index contributed by atoms with van der Waals surface area (Å²) >= 11 is 5.14. The average molecular weight is 267 g/mol. The van der Waals surface area contributed by atoms with Crippen molar-refractivity contribution in [2.75, 3.05) is 6.54 Å². The van der Waals surface area contributed by atoms with E-state index < -0.39 is 0 Å². The number of nitrogens with zero attached hydrogens (tertiary/aromatic N) is 1. The van der Waals surface area contributed by atoms with Crippen molar-refractivity contribution in [3.05, 3.63) is 12.7 Å². The van der Waals surface area contributed by atoms with Crippen molar-refractivity contribution < 1.29 is 0 Å². The maximum Gasteiger partial charge on any atom is 0.187 e. The van der Waals surface area contributed by atoms with Crippen molar-refractivity contribution in [1.29, 1.82) is 0 Å². The number of hydrogen-bond donors (Lipinski definition) is 2. The quantitative estimate of drug-likeness (QED) is 0.467. The van der Waals surface area contributed by atoms with E-state index in [0.717, 1.165) is 12.3 Å². The molecule has 1 aliphatic rings. The van der Waals surface area contributed by atoms with Gasteiger partial charge in [-0.05, 0) is 43.3 Å². The molecule has 0 heterocycles. The summed E-state index contributed by atoms with van der Waals surface area (Å²) in [6, 6.07) is 0. The molecule has 4 heteroatoms. The Hall–Kier alpha value is -0.900. The lowest BCUT2D eigenvalue weighted by Gasteiger charge is -2.30. The Bertz CT molecular complexity index is 323. The first-order valence-corrected chi connectivity index (χ1v) is 7.16. The molecule has 0 aromatic heterocycles. The van der Waals surface area contributed by atoms with Gasteiger partial charge in [0.2, 0.25) is 0 Å². The number of nitrogens with one attached hydrogen (secondary N) is 2.